The number of benzene rings is 1. The van der Waals surface area contributed by atoms with Crippen molar-refractivity contribution in [3.8, 4) is 10.6 Å². The van der Waals surface area contributed by atoms with Gasteiger partial charge in [-0.05, 0) is 13.8 Å². The summed E-state index contributed by atoms with van der Waals surface area (Å²) in [6.07, 6.45) is 0. The number of carbonyl (C=O) groups is 1. The normalized spacial score (nSPS) is 10.4. The molecule has 0 unspecified atom stereocenters. The van der Waals surface area contributed by atoms with Gasteiger partial charge in [-0.15, -0.1) is 10.2 Å². The van der Waals surface area contributed by atoms with Crippen LogP contribution < -0.4 is 4.90 Å². The van der Waals surface area contributed by atoms with Gasteiger partial charge in [0.1, 0.15) is 5.01 Å². The van der Waals surface area contributed by atoms with Crippen molar-refractivity contribution in [2.75, 3.05) is 11.4 Å². The maximum atomic E-state index is 11.4. The second-order valence-electron chi connectivity index (χ2n) is 4.02. The Morgan fingerprint density at radius 1 is 1.28 bits per heavy atom. The van der Waals surface area contributed by atoms with Gasteiger partial charge in [-0.25, -0.2) is 0 Å². The molecule has 1 aromatic heterocycles. The summed E-state index contributed by atoms with van der Waals surface area (Å²) in [5.41, 5.74) is 2.24. The zero-order valence-corrected chi connectivity index (χ0v) is 11.5. The minimum atomic E-state index is -0.0101. The Bertz CT molecular complexity index is 548. The standard InChI is InChI=1S/C13H15N3OS/c1-4-16(10(3)17)13-15-14-12(18-13)11-7-5-9(2)6-8-11/h5-8H,4H2,1-3H3. The van der Waals surface area contributed by atoms with Crippen LogP contribution in [0.25, 0.3) is 10.6 Å². The van der Waals surface area contributed by atoms with Crippen LogP contribution in [0.1, 0.15) is 19.4 Å². The first kappa shape index (κ1) is 12.7. The van der Waals surface area contributed by atoms with Crippen molar-refractivity contribution in [1.29, 1.82) is 0 Å². The van der Waals surface area contributed by atoms with Crippen LogP contribution in [0, 0.1) is 6.92 Å². The summed E-state index contributed by atoms with van der Waals surface area (Å²) in [6.45, 7) is 6.12. The fraction of sp³-hybridized carbons (Fsp3) is 0.308. The molecular formula is C13H15N3OS. The van der Waals surface area contributed by atoms with Gasteiger partial charge >= 0.3 is 0 Å². The SMILES string of the molecule is CCN(C(C)=O)c1nnc(-c2ccc(C)cc2)s1. The minimum Gasteiger partial charge on any atom is -0.287 e. The van der Waals surface area contributed by atoms with Crippen LogP contribution >= 0.6 is 11.3 Å². The summed E-state index contributed by atoms with van der Waals surface area (Å²) in [6, 6.07) is 8.12. The molecule has 0 spiro atoms. The van der Waals surface area contributed by atoms with Gasteiger partial charge in [0.15, 0.2) is 0 Å². The molecule has 0 atom stereocenters. The first-order valence-electron chi connectivity index (χ1n) is 5.80. The van der Waals surface area contributed by atoms with Crippen molar-refractivity contribution in [2.45, 2.75) is 20.8 Å². The quantitative estimate of drug-likeness (QED) is 0.853. The molecule has 1 heterocycles. The summed E-state index contributed by atoms with van der Waals surface area (Å²) in [5.74, 6) is -0.0101. The monoisotopic (exact) mass is 261 g/mol. The lowest BCUT2D eigenvalue weighted by Gasteiger charge is -2.13. The van der Waals surface area contributed by atoms with E-state index in [1.807, 2.05) is 38.1 Å². The van der Waals surface area contributed by atoms with Gasteiger partial charge in [-0.2, -0.15) is 0 Å². The van der Waals surface area contributed by atoms with Crippen molar-refractivity contribution in [3.63, 3.8) is 0 Å². The van der Waals surface area contributed by atoms with E-state index in [0.717, 1.165) is 10.6 Å². The molecule has 2 aromatic rings. The van der Waals surface area contributed by atoms with E-state index in [1.54, 1.807) is 4.90 Å². The summed E-state index contributed by atoms with van der Waals surface area (Å²) < 4.78 is 0. The Hall–Kier alpha value is -1.75. The third-order valence-corrected chi connectivity index (χ3v) is 3.64. The van der Waals surface area contributed by atoms with Crippen LogP contribution in [0.4, 0.5) is 5.13 Å². The highest BCUT2D eigenvalue weighted by Crippen LogP contribution is 2.28. The third-order valence-electron chi connectivity index (χ3n) is 2.64. The molecule has 94 valence electrons. The molecule has 5 heteroatoms. The average Bonchev–Trinajstić information content (AvgIpc) is 2.80. The molecule has 2 rings (SSSR count). The molecule has 1 amide bonds. The molecule has 0 N–H and O–H groups in total. The highest BCUT2D eigenvalue weighted by Gasteiger charge is 2.15. The van der Waals surface area contributed by atoms with E-state index in [4.69, 9.17) is 0 Å². The summed E-state index contributed by atoms with van der Waals surface area (Å²) in [4.78, 5) is 13.1. The van der Waals surface area contributed by atoms with Crippen molar-refractivity contribution in [2.24, 2.45) is 0 Å². The Morgan fingerprint density at radius 2 is 1.94 bits per heavy atom. The van der Waals surface area contributed by atoms with Crippen LogP contribution in [-0.2, 0) is 4.79 Å². The Kier molecular flexibility index (Phi) is 3.72. The number of rotatable bonds is 3. The second kappa shape index (κ2) is 5.27. The highest BCUT2D eigenvalue weighted by molar-refractivity contribution is 7.18. The number of carbonyl (C=O) groups excluding carboxylic acids is 1. The van der Waals surface area contributed by atoms with E-state index >= 15 is 0 Å². The topological polar surface area (TPSA) is 46.1 Å². The molecular weight excluding hydrogens is 246 g/mol. The van der Waals surface area contributed by atoms with E-state index in [0.29, 0.717) is 11.7 Å². The Balaban J connectivity index is 2.30. The van der Waals surface area contributed by atoms with E-state index in [-0.39, 0.29) is 5.91 Å². The van der Waals surface area contributed by atoms with E-state index in [1.165, 1.54) is 23.8 Å². The number of aromatic nitrogens is 2. The van der Waals surface area contributed by atoms with Gasteiger partial charge in [0, 0.05) is 19.0 Å². The number of nitrogens with zero attached hydrogens (tertiary/aromatic N) is 3. The molecule has 0 aliphatic carbocycles. The van der Waals surface area contributed by atoms with Crippen molar-refractivity contribution in [3.05, 3.63) is 29.8 Å². The summed E-state index contributed by atoms with van der Waals surface area (Å²) >= 11 is 1.44. The first-order chi connectivity index (χ1) is 8.61. The first-order valence-corrected chi connectivity index (χ1v) is 6.62. The average molecular weight is 261 g/mol. The molecule has 0 fully saturated rings. The molecule has 0 saturated heterocycles. The van der Waals surface area contributed by atoms with Crippen LogP contribution in [0.2, 0.25) is 0 Å². The fourth-order valence-corrected chi connectivity index (χ4v) is 2.59. The maximum Gasteiger partial charge on any atom is 0.225 e. The molecule has 0 aliphatic heterocycles. The Morgan fingerprint density at radius 3 is 2.50 bits per heavy atom. The van der Waals surface area contributed by atoms with E-state index < -0.39 is 0 Å². The van der Waals surface area contributed by atoms with Gasteiger partial charge in [0.2, 0.25) is 11.0 Å². The van der Waals surface area contributed by atoms with Gasteiger partial charge in [0.25, 0.3) is 0 Å². The third kappa shape index (κ3) is 2.56. The van der Waals surface area contributed by atoms with Crippen LogP contribution in [0.5, 0.6) is 0 Å². The smallest absolute Gasteiger partial charge is 0.225 e. The van der Waals surface area contributed by atoms with Crippen LogP contribution in [0.15, 0.2) is 24.3 Å². The number of amides is 1. The summed E-state index contributed by atoms with van der Waals surface area (Å²) in [5, 5.41) is 9.71. The highest BCUT2D eigenvalue weighted by atomic mass is 32.1. The molecule has 0 bridgehead atoms. The van der Waals surface area contributed by atoms with Gasteiger partial charge < -0.3 is 0 Å². The van der Waals surface area contributed by atoms with E-state index in [2.05, 4.69) is 10.2 Å². The van der Waals surface area contributed by atoms with Crippen LogP contribution in [0.3, 0.4) is 0 Å². The van der Waals surface area contributed by atoms with Crippen LogP contribution in [-0.4, -0.2) is 22.6 Å². The van der Waals surface area contributed by atoms with Crippen molar-refractivity contribution >= 4 is 22.4 Å². The largest absolute Gasteiger partial charge is 0.287 e. The molecule has 0 saturated carbocycles. The molecule has 4 nitrogen and oxygen atoms in total. The van der Waals surface area contributed by atoms with Crippen molar-refractivity contribution < 1.29 is 4.79 Å². The lowest BCUT2D eigenvalue weighted by atomic mass is 10.2. The number of anilines is 1. The predicted molar refractivity (Wildman–Crippen MR) is 73.8 cm³/mol. The number of aryl methyl sites for hydroxylation is 1. The van der Waals surface area contributed by atoms with Gasteiger partial charge in [-0.3, -0.25) is 9.69 Å². The molecule has 1 aromatic carbocycles. The van der Waals surface area contributed by atoms with Gasteiger partial charge in [-0.1, -0.05) is 41.2 Å². The maximum absolute atomic E-state index is 11.4. The molecule has 0 aliphatic rings. The fourth-order valence-electron chi connectivity index (χ4n) is 1.63. The van der Waals surface area contributed by atoms with Gasteiger partial charge in [0.05, 0.1) is 0 Å². The lowest BCUT2D eigenvalue weighted by molar-refractivity contribution is -0.116. The zero-order valence-electron chi connectivity index (χ0n) is 10.7. The lowest BCUT2D eigenvalue weighted by Crippen LogP contribution is -2.27. The Labute approximate surface area is 110 Å². The second-order valence-corrected chi connectivity index (χ2v) is 4.98. The van der Waals surface area contributed by atoms with Crippen molar-refractivity contribution in [1.82, 2.24) is 10.2 Å². The summed E-state index contributed by atoms with van der Waals surface area (Å²) in [7, 11) is 0. The van der Waals surface area contributed by atoms with E-state index in [9.17, 15) is 4.79 Å². The molecule has 18 heavy (non-hydrogen) atoms. The number of hydrogen-bond donors (Lipinski definition) is 0. The molecule has 0 radical (unpaired) electrons. The minimum absolute atomic E-state index is 0.0101. The zero-order chi connectivity index (χ0) is 13.1. The predicted octanol–water partition coefficient (Wildman–Crippen LogP) is 2.89. The number of hydrogen-bond acceptors (Lipinski definition) is 4.